The molecular weight excluding hydrogens is 435 g/mol. The van der Waals surface area contributed by atoms with Gasteiger partial charge in [0.05, 0.1) is 23.6 Å². The van der Waals surface area contributed by atoms with E-state index in [9.17, 15) is 9.90 Å². The number of hydrogen-bond acceptors (Lipinski definition) is 7. The third-order valence-electron chi connectivity index (χ3n) is 6.30. The molecule has 1 saturated heterocycles. The normalized spacial score (nSPS) is 15.4. The van der Waals surface area contributed by atoms with Crippen LogP contribution < -0.4 is 5.73 Å². The number of anilines is 1. The third-order valence-corrected chi connectivity index (χ3v) is 6.30. The molecule has 34 heavy (non-hydrogen) atoms. The summed E-state index contributed by atoms with van der Waals surface area (Å²) in [7, 11) is 0. The number of pyridine rings is 1. The van der Waals surface area contributed by atoms with Crippen LogP contribution in [0.25, 0.3) is 22.4 Å². The first-order valence-electron chi connectivity index (χ1n) is 11.4. The number of nitrogens with zero attached hydrogens (tertiary/aromatic N) is 5. The van der Waals surface area contributed by atoms with Crippen LogP contribution in [0.15, 0.2) is 42.9 Å². The Kier molecular flexibility index (Phi) is 7.14. The highest BCUT2D eigenvalue weighted by Crippen LogP contribution is 2.33. The summed E-state index contributed by atoms with van der Waals surface area (Å²) < 4.78 is 15.2. The summed E-state index contributed by atoms with van der Waals surface area (Å²) >= 11 is 0. The molecule has 1 aliphatic rings. The number of amides is 1. The predicted octanol–water partition coefficient (Wildman–Crippen LogP) is 2.63. The Morgan fingerprint density at radius 1 is 1.12 bits per heavy atom. The minimum atomic E-state index is -0.591. The highest BCUT2D eigenvalue weighted by Gasteiger charge is 2.26. The molecule has 1 unspecified atom stereocenters. The molecule has 3 N–H and O–H groups in total. The van der Waals surface area contributed by atoms with E-state index in [1.165, 1.54) is 18.5 Å². The van der Waals surface area contributed by atoms with Crippen molar-refractivity contribution in [2.45, 2.75) is 26.3 Å². The lowest BCUT2D eigenvalue weighted by molar-refractivity contribution is 0.0508. The van der Waals surface area contributed by atoms with Crippen LogP contribution in [0.5, 0.6) is 0 Å². The lowest BCUT2D eigenvalue weighted by Crippen LogP contribution is -2.52. The fraction of sp³-hybridized carbons (Fsp3) is 0.360. The van der Waals surface area contributed by atoms with Crippen molar-refractivity contribution in [2.24, 2.45) is 0 Å². The minimum Gasteiger partial charge on any atom is -0.395 e. The van der Waals surface area contributed by atoms with Crippen LogP contribution in [-0.2, 0) is 6.42 Å². The summed E-state index contributed by atoms with van der Waals surface area (Å²) in [6.45, 7) is 6.28. The van der Waals surface area contributed by atoms with Crippen LogP contribution >= 0.6 is 0 Å². The highest BCUT2D eigenvalue weighted by atomic mass is 19.1. The van der Waals surface area contributed by atoms with Crippen LogP contribution in [0.2, 0.25) is 0 Å². The summed E-state index contributed by atoms with van der Waals surface area (Å²) in [5, 5.41) is 9.34. The Labute approximate surface area is 198 Å². The summed E-state index contributed by atoms with van der Waals surface area (Å²) in [6, 6.07) is 8.18. The molecule has 1 fully saturated rings. The Balaban J connectivity index is 1.62. The third kappa shape index (κ3) is 4.76. The molecule has 0 spiro atoms. The molecule has 1 aromatic carbocycles. The fourth-order valence-corrected chi connectivity index (χ4v) is 4.25. The molecule has 1 aliphatic heterocycles. The SMILES string of the molecule is CCc1ncnc(-c2ccc(C(=O)N3CCN(C(C)CO)CC3)c(F)c2)c1-c1ccc(N)nc1. The van der Waals surface area contributed by atoms with Gasteiger partial charge in [0.1, 0.15) is 18.0 Å². The van der Waals surface area contributed by atoms with Crippen molar-refractivity contribution in [2.75, 3.05) is 38.5 Å². The van der Waals surface area contributed by atoms with Gasteiger partial charge in [0, 0.05) is 55.1 Å². The van der Waals surface area contributed by atoms with Gasteiger partial charge in [0.2, 0.25) is 0 Å². The number of hydrogen-bond donors (Lipinski definition) is 2. The maximum absolute atomic E-state index is 15.2. The molecule has 9 heteroatoms. The number of carbonyl (C=O) groups excluding carboxylic acids is 1. The molecule has 3 aromatic rings. The molecule has 1 atom stereocenters. The number of aliphatic hydroxyl groups is 1. The number of carbonyl (C=O) groups is 1. The second-order valence-electron chi connectivity index (χ2n) is 8.42. The Morgan fingerprint density at radius 3 is 2.47 bits per heavy atom. The van der Waals surface area contributed by atoms with Crippen LogP contribution in [0, 0.1) is 5.82 Å². The molecule has 0 bridgehead atoms. The number of nitrogens with two attached hydrogens (primary N) is 1. The first-order valence-corrected chi connectivity index (χ1v) is 11.4. The largest absolute Gasteiger partial charge is 0.395 e. The number of piperazine rings is 1. The molecular formula is C25H29FN6O2. The number of aliphatic hydroxyl groups excluding tert-OH is 1. The van der Waals surface area contributed by atoms with Crippen LogP contribution in [0.1, 0.15) is 29.9 Å². The van der Waals surface area contributed by atoms with Gasteiger partial charge in [0.25, 0.3) is 5.91 Å². The Hall–Kier alpha value is -3.43. The van der Waals surface area contributed by atoms with Crippen molar-refractivity contribution in [1.29, 1.82) is 0 Å². The van der Waals surface area contributed by atoms with E-state index in [-0.39, 0.29) is 24.1 Å². The standard InChI is InChI=1S/C25H29FN6O2/c1-3-21-23(18-5-7-22(27)28-13-18)24(30-15-29-21)17-4-6-19(20(26)12-17)25(34)32-10-8-31(9-11-32)16(2)14-33/h4-7,12-13,15-16,33H,3,8-11,14H2,1-2H3,(H2,27,28). The fourth-order valence-electron chi connectivity index (χ4n) is 4.25. The predicted molar refractivity (Wildman–Crippen MR) is 128 cm³/mol. The molecule has 0 radical (unpaired) electrons. The maximum Gasteiger partial charge on any atom is 0.256 e. The number of benzene rings is 1. The lowest BCUT2D eigenvalue weighted by Gasteiger charge is -2.37. The molecule has 3 heterocycles. The first-order chi connectivity index (χ1) is 16.4. The Bertz CT molecular complexity index is 1160. The second kappa shape index (κ2) is 10.2. The van der Waals surface area contributed by atoms with Crippen molar-refractivity contribution < 1.29 is 14.3 Å². The van der Waals surface area contributed by atoms with E-state index < -0.39 is 5.82 Å². The maximum atomic E-state index is 15.2. The number of nitrogen functional groups attached to an aromatic ring is 1. The van der Waals surface area contributed by atoms with Crippen molar-refractivity contribution >= 4 is 11.7 Å². The number of rotatable bonds is 6. The molecule has 8 nitrogen and oxygen atoms in total. The van der Waals surface area contributed by atoms with Crippen molar-refractivity contribution in [3.05, 3.63) is 59.9 Å². The van der Waals surface area contributed by atoms with E-state index in [0.29, 0.717) is 49.7 Å². The van der Waals surface area contributed by atoms with Crippen LogP contribution in [0.4, 0.5) is 10.2 Å². The highest BCUT2D eigenvalue weighted by molar-refractivity contribution is 5.95. The smallest absolute Gasteiger partial charge is 0.256 e. The van der Waals surface area contributed by atoms with E-state index in [0.717, 1.165) is 16.8 Å². The molecule has 1 amide bonds. The van der Waals surface area contributed by atoms with E-state index in [2.05, 4.69) is 19.9 Å². The van der Waals surface area contributed by atoms with Crippen molar-refractivity contribution in [3.63, 3.8) is 0 Å². The summed E-state index contributed by atoms with van der Waals surface area (Å²) in [5.41, 5.74) is 9.27. The van der Waals surface area contributed by atoms with Gasteiger partial charge in [-0.15, -0.1) is 0 Å². The average Bonchev–Trinajstić information content (AvgIpc) is 2.88. The zero-order chi connectivity index (χ0) is 24.2. The van der Waals surface area contributed by atoms with Gasteiger partial charge in [-0.05, 0) is 37.6 Å². The van der Waals surface area contributed by atoms with Gasteiger partial charge in [-0.25, -0.2) is 19.3 Å². The average molecular weight is 465 g/mol. The number of halogens is 1. The Morgan fingerprint density at radius 2 is 1.85 bits per heavy atom. The molecule has 0 aliphatic carbocycles. The quantitative estimate of drug-likeness (QED) is 0.577. The zero-order valence-electron chi connectivity index (χ0n) is 19.4. The molecule has 2 aromatic heterocycles. The summed E-state index contributed by atoms with van der Waals surface area (Å²) in [4.78, 5) is 29.8. The summed E-state index contributed by atoms with van der Waals surface area (Å²) in [6.07, 6.45) is 3.78. The van der Waals surface area contributed by atoms with E-state index in [4.69, 9.17) is 5.73 Å². The number of aromatic nitrogens is 3. The number of aryl methyl sites for hydroxylation is 1. The van der Waals surface area contributed by atoms with Gasteiger partial charge >= 0.3 is 0 Å². The van der Waals surface area contributed by atoms with Crippen molar-refractivity contribution in [1.82, 2.24) is 24.8 Å². The molecule has 178 valence electrons. The molecule has 0 saturated carbocycles. The molecule has 4 rings (SSSR count). The zero-order valence-corrected chi connectivity index (χ0v) is 19.4. The van der Waals surface area contributed by atoms with Gasteiger partial charge in [-0.2, -0.15) is 0 Å². The van der Waals surface area contributed by atoms with E-state index in [1.807, 2.05) is 19.9 Å². The monoisotopic (exact) mass is 464 g/mol. The van der Waals surface area contributed by atoms with E-state index >= 15 is 4.39 Å². The van der Waals surface area contributed by atoms with Gasteiger partial charge in [-0.1, -0.05) is 13.0 Å². The van der Waals surface area contributed by atoms with Crippen molar-refractivity contribution in [3.8, 4) is 22.4 Å². The summed E-state index contributed by atoms with van der Waals surface area (Å²) in [5.74, 6) is -0.521. The van der Waals surface area contributed by atoms with Crippen LogP contribution in [0.3, 0.4) is 0 Å². The topological polar surface area (TPSA) is 108 Å². The van der Waals surface area contributed by atoms with Crippen LogP contribution in [-0.4, -0.2) is 74.6 Å². The van der Waals surface area contributed by atoms with E-state index in [1.54, 1.807) is 23.2 Å². The lowest BCUT2D eigenvalue weighted by atomic mass is 9.96. The first kappa shape index (κ1) is 23.7. The van der Waals surface area contributed by atoms with Gasteiger partial charge in [-0.3, -0.25) is 9.69 Å². The second-order valence-corrected chi connectivity index (χ2v) is 8.42. The van der Waals surface area contributed by atoms with Gasteiger partial charge in [0.15, 0.2) is 0 Å². The minimum absolute atomic E-state index is 0.0351. The van der Waals surface area contributed by atoms with Gasteiger partial charge < -0.3 is 15.7 Å².